The Bertz CT molecular complexity index is 826. The third kappa shape index (κ3) is 2.56. The van der Waals surface area contributed by atoms with Crippen LogP contribution in [0.2, 0.25) is 0 Å². The number of amidine groups is 1. The van der Waals surface area contributed by atoms with Crippen LogP contribution in [0.4, 0.5) is 10.2 Å². The topological polar surface area (TPSA) is 33.4 Å². The highest BCUT2D eigenvalue weighted by Crippen LogP contribution is 2.50. The molecule has 2 heterocycles. The average Bonchev–Trinajstić information content (AvgIpc) is 3.06. The van der Waals surface area contributed by atoms with Crippen molar-refractivity contribution in [3.05, 3.63) is 47.4 Å². The van der Waals surface area contributed by atoms with Crippen molar-refractivity contribution in [2.24, 2.45) is 10.9 Å². The van der Waals surface area contributed by atoms with E-state index in [1.807, 2.05) is 23.0 Å². The fourth-order valence-electron chi connectivity index (χ4n) is 4.43. The minimum absolute atomic E-state index is 0.0690. The number of halogens is 1. The van der Waals surface area contributed by atoms with E-state index in [0.717, 1.165) is 36.0 Å². The molecule has 1 saturated carbocycles. The minimum atomic E-state index is -0.220. The number of fused-ring (bicyclic) bond motifs is 2. The summed E-state index contributed by atoms with van der Waals surface area (Å²) < 4.78 is 15.5. The molecule has 1 aromatic carbocycles. The zero-order chi connectivity index (χ0) is 18.5. The van der Waals surface area contributed by atoms with Crippen molar-refractivity contribution in [3.8, 4) is 0 Å². The molecule has 1 spiro atoms. The van der Waals surface area contributed by atoms with Crippen LogP contribution in [-0.2, 0) is 5.54 Å². The second-order valence-corrected chi connectivity index (χ2v) is 8.14. The molecule has 2 aromatic rings. The predicted molar refractivity (Wildman–Crippen MR) is 102 cm³/mol. The SMILES string of the molecule is CC1CCC2(CC1)c1cnn(C(C)C)c1N=C(c1ccc(F)cc1)N2C. The zero-order valence-electron chi connectivity index (χ0n) is 16.0. The van der Waals surface area contributed by atoms with Crippen LogP contribution < -0.4 is 0 Å². The van der Waals surface area contributed by atoms with Crippen molar-refractivity contribution in [2.75, 3.05) is 7.05 Å². The van der Waals surface area contributed by atoms with Gasteiger partial charge in [-0.2, -0.15) is 5.10 Å². The number of hydrogen-bond acceptors (Lipinski definition) is 3. The standard InChI is InChI=1S/C21H27FN4/c1-14(2)26-20-18(13-23-26)21(11-9-15(3)10-12-21)25(4)19(24-20)16-5-7-17(22)8-6-16/h5-8,13-15H,9-12H2,1-4H3. The van der Waals surface area contributed by atoms with Gasteiger partial charge in [0.05, 0.1) is 11.7 Å². The number of aromatic nitrogens is 2. The van der Waals surface area contributed by atoms with E-state index in [9.17, 15) is 4.39 Å². The highest BCUT2D eigenvalue weighted by Gasteiger charge is 2.46. The van der Waals surface area contributed by atoms with Gasteiger partial charge in [0.25, 0.3) is 0 Å². The van der Waals surface area contributed by atoms with Crippen molar-refractivity contribution in [1.82, 2.24) is 14.7 Å². The number of rotatable bonds is 2. The maximum absolute atomic E-state index is 13.4. The van der Waals surface area contributed by atoms with Crippen molar-refractivity contribution in [3.63, 3.8) is 0 Å². The Morgan fingerprint density at radius 1 is 1.15 bits per heavy atom. The van der Waals surface area contributed by atoms with Crippen LogP contribution in [0.15, 0.2) is 35.5 Å². The minimum Gasteiger partial charge on any atom is -0.349 e. The van der Waals surface area contributed by atoms with E-state index in [-0.39, 0.29) is 17.4 Å². The van der Waals surface area contributed by atoms with Crippen LogP contribution in [0.1, 0.15) is 63.6 Å². The molecule has 1 aliphatic carbocycles. The zero-order valence-corrected chi connectivity index (χ0v) is 16.0. The van der Waals surface area contributed by atoms with E-state index in [0.29, 0.717) is 0 Å². The summed E-state index contributed by atoms with van der Waals surface area (Å²) in [5.74, 6) is 2.41. The van der Waals surface area contributed by atoms with Crippen molar-refractivity contribution in [2.45, 2.75) is 58.0 Å². The van der Waals surface area contributed by atoms with Gasteiger partial charge in [-0.25, -0.2) is 14.1 Å². The molecule has 0 saturated heterocycles. The molecule has 26 heavy (non-hydrogen) atoms. The maximum atomic E-state index is 13.4. The molecular weight excluding hydrogens is 327 g/mol. The lowest BCUT2D eigenvalue weighted by molar-refractivity contribution is 0.114. The first-order chi connectivity index (χ1) is 12.4. The molecule has 0 amide bonds. The molecule has 0 unspecified atom stereocenters. The van der Waals surface area contributed by atoms with Crippen molar-refractivity contribution < 1.29 is 4.39 Å². The average molecular weight is 354 g/mol. The molecule has 1 fully saturated rings. The first-order valence-corrected chi connectivity index (χ1v) is 9.59. The number of nitrogens with zero attached hydrogens (tertiary/aromatic N) is 4. The van der Waals surface area contributed by atoms with E-state index in [4.69, 9.17) is 4.99 Å². The lowest BCUT2D eigenvalue weighted by atomic mass is 9.72. The second kappa shape index (κ2) is 6.22. The molecule has 4 rings (SSSR count). The van der Waals surface area contributed by atoms with Gasteiger partial charge in [0, 0.05) is 24.2 Å². The van der Waals surface area contributed by atoms with Crippen LogP contribution in [-0.4, -0.2) is 27.6 Å². The van der Waals surface area contributed by atoms with Crippen LogP contribution in [0.3, 0.4) is 0 Å². The number of benzene rings is 1. The fraction of sp³-hybridized carbons (Fsp3) is 0.524. The Kier molecular flexibility index (Phi) is 4.13. The van der Waals surface area contributed by atoms with Gasteiger partial charge in [0.1, 0.15) is 11.7 Å². The summed E-state index contributed by atoms with van der Waals surface area (Å²) in [6, 6.07) is 6.92. The van der Waals surface area contributed by atoms with Crippen LogP contribution in [0.5, 0.6) is 0 Å². The van der Waals surface area contributed by atoms with Gasteiger partial charge in [-0.3, -0.25) is 0 Å². The third-order valence-electron chi connectivity index (χ3n) is 6.14. The summed E-state index contributed by atoms with van der Waals surface area (Å²) in [6.07, 6.45) is 6.62. The van der Waals surface area contributed by atoms with Crippen LogP contribution in [0, 0.1) is 11.7 Å². The summed E-state index contributed by atoms with van der Waals surface area (Å²) in [5.41, 5.74) is 2.13. The molecule has 1 aromatic heterocycles. The molecule has 138 valence electrons. The molecule has 2 aliphatic rings. The summed E-state index contributed by atoms with van der Waals surface area (Å²) in [4.78, 5) is 7.32. The maximum Gasteiger partial charge on any atom is 0.158 e. The molecule has 0 atom stereocenters. The van der Waals surface area contributed by atoms with E-state index >= 15 is 0 Å². The first-order valence-electron chi connectivity index (χ1n) is 9.59. The van der Waals surface area contributed by atoms with Crippen molar-refractivity contribution >= 4 is 11.7 Å². The Morgan fingerprint density at radius 2 is 1.81 bits per heavy atom. The predicted octanol–water partition coefficient (Wildman–Crippen LogP) is 5.03. The van der Waals surface area contributed by atoms with E-state index in [2.05, 4.69) is 37.8 Å². The van der Waals surface area contributed by atoms with Gasteiger partial charge in [-0.15, -0.1) is 0 Å². The largest absolute Gasteiger partial charge is 0.349 e. The fourth-order valence-corrected chi connectivity index (χ4v) is 4.43. The molecule has 0 bridgehead atoms. The lowest BCUT2D eigenvalue weighted by Gasteiger charge is -2.49. The summed E-state index contributed by atoms with van der Waals surface area (Å²) in [5, 5.41) is 4.67. The van der Waals surface area contributed by atoms with E-state index in [1.54, 1.807) is 0 Å². The van der Waals surface area contributed by atoms with Crippen molar-refractivity contribution in [1.29, 1.82) is 0 Å². The van der Waals surface area contributed by atoms with Gasteiger partial charge in [0.15, 0.2) is 5.82 Å². The van der Waals surface area contributed by atoms with Crippen LogP contribution in [0.25, 0.3) is 0 Å². The van der Waals surface area contributed by atoms with E-state index < -0.39 is 0 Å². The molecule has 1 aliphatic heterocycles. The molecule has 0 N–H and O–H groups in total. The van der Waals surface area contributed by atoms with Gasteiger partial charge in [-0.1, -0.05) is 6.92 Å². The third-order valence-corrected chi connectivity index (χ3v) is 6.14. The van der Waals surface area contributed by atoms with Gasteiger partial charge in [0.2, 0.25) is 0 Å². The highest BCUT2D eigenvalue weighted by atomic mass is 19.1. The van der Waals surface area contributed by atoms with Gasteiger partial charge in [-0.05, 0) is 69.7 Å². The monoisotopic (exact) mass is 354 g/mol. The first kappa shape index (κ1) is 17.3. The quantitative estimate of drug-likeness (QED) is 0.758. The summed E-state index contributed by atoms with van der Waals surface area (Å²) in [7, 11) is 2.13. The Labute approximate surface area is 154 Å². The Hall–Kier alpha value is -2.17. The van der Waals surface area contributed by atoms with Crippen LogP contribution >= 0.6 is 0 Å². The Balaban J connectivity index is 1.89. The highest BCUT2D eigenvalue weighted by molar-refractivity contribution is 6.01. The smallest absolute Gasteiger partial charge is 0.158 e. The summed E-state index contributed by atoms with van der Waals surface area (Å²) >= 11 is 0. The Morgan fingerprint density at radius 3 is 2.42 bits per heavy atom. The van der Waals surface area contributed by atoms with E-state index in [1.165, 1.54) is 30.5 Å². The second-order valence-electron chi connectivity index (χ2n) is 8.14. The number of aliphatic imine (C=N–C) groups is 1. The number of hydrogen-bond donors (Lipinski definition) is 0. The van der Waals surface area contributed by atoms with Gasteiger partial charge >= 0.3 is 0 Å². The van der Waals surface area contributed by atoms with Gasteiger partial charge < -0.3 is 4.90 Å². The normalized spacial score (nSPS) is 25.5. The molecule has 5 heteroatoms. The molecular formula is C21H27FN4. The summed E-state index contributed by atoms with van der Waals surface area (Å²) in [6.45, 7) is 6.60. The lowest BCUT2D eigenvalue weighted by Crippen LogP contribution is -2.51. The molecule has 0 radical (unpaired) electrons. The molecule has 4 nitrogen and oxygen atoms in total.